The van der Waals surface area contributed by atoms with Crippen LogP contribution in [-0.4, -0.2) is 23.1 Å². The molecule has 4 heteroatoms. The van der Waals surface area contributed by atoms with Gasteiger partial charge in [0, 0.05) is 6.54 Å². The van der Waals surface area contributed by atoms with E-state index >= 15 is 0 Å². The number of nitrogens with zero attached hydrogens (tertiary/aromatic N) is 1. The van der Waals surface area contributed by atoms with E-state index in [2.05, 4.69) is 0 Å². The lowest BCUT2D eigenvalue weighted by atomic mass is 10.1. The standard InChI is InChI=1S/C18H19NO3/c1-18(2)19(17(20)13-21-18)12-14-8-10-16(11-9-14)22-15-6-4-3-5-7-15/h3-11H,12-13H2,1-2H3. The van der Waals surface area contributed by atoms with Gasteiger partial charge in [-0.2, -0.15) is 0 Å². The smallest absolute Gasteiger partial charge is 0.251 e. The molecule has 2 aromatic carbocycles. The molecule has 0 aromatic heterocycles. The summed E-state index contributed by atoms with van der Waals surface area (Å²) >= 11 is 0. The van der Waals surface area contributed by atoms with Crippen molar-refractivity contribution in [3.05, 3.63) is 60.2 Å². The zero-order valence-electron chi connectivity index (χ0n) is 12.8. The average Bonchev–Trinajstić information content (AvgIpc) is 2.77. The first kappa shape index (κ1) is 14.6. The maximum absolute atomic E-state index is 11.9. The number of rotatable bonds is 4. The first-order chi connectivity index (χ1) is 10.5. The van der Waals surface area contributed by atoms with Crippen LogP contribution in [0.5, 0.6) is 11.5 Å². The molecule has 1 saturated heterocycles. The fraction of sp³-hybridized carbons (Fsp3) is 0.278. The molecule has 1 heterocycles. The van der Waals surface area contributed by atoms with E-state index in [1.54, 1.807) is 4.90 Å². The van der Waals surface area contributed by atoms with Crippen molar-refractivity contribution in [2.75, 3.05) is 6.61 Å². The second-order valence-corrected chi connectivity index (χ2v) is 5.77. The van der Waals surface area contributed by atoms with Gasteiger partial charge in [-0.25, -0.2) is 0 Å². The molecular weight excluding hydrogens is 278 g/mol. The molecule has 0 saturated carbocycles. The Kier molecular flexibility index (Phi) is 3.86. The van der Waals surface area contributed by atoms with Crippen molar-refractivity contribution >= 4 is 5.91 Å². The molecule has 0 bridgehead atoms. The average molecular weight is 297 g/mol. The Bertz CT molecular complexity index is 650. The van der Waals surface area contributed by atoms with Gasteiger partial charge < -0.3 is 14.4 Å². The van der Waals surface area contributed by atoms with Gasteiger partial charge in [-0.3, -0.25) is 4.79 Å². The van der Waals surface area contributed by atoms with Gasteiger partial charge in [0.05, 0.1) is 0 Å². The summed E-state index contributed by atoms with van der Waals surface area (Å²) in [6.45, 7) is 4.51. The molecule has 3 rings (SSSR count). The molecule has 22 heavy (non-hydrogen) atoms. The number of benzene rings is 2. The fourth-order valence-electron chi connectivity index (χ4n) is 2.44. The van der Waals surface area contributed by atoms with Crippen molar-refractivity contribution in [2.45, 2.75) is 26.1 Å². The zero-order chi connectivity index (χ0) is 15.6. The summed E-state index contributed by atoms with van der Waals surface area (Å²) < 4.78 is 11.3. The lowest BCUT2D eigenvalue weighted by molar-refractivity contribution is -0.131. The highest BCUT2D eigenvalue weighted by molar-refractivity contribution is 5.79. The SMILES string of the molecule is CC1(C)OCC(=O)N1Cc1ccc(Oc2ccccc2)cc1. The first-order valence-corrected chi connectivity index (χ1v) is 7.31. The highest BCUT2D eigenvalue weighted by Gasteiger charge is 2.38. The van der Waals surface area contributed by atoms with Gasteiger partial charge >= 0.3 is 0 Å². The van der Waals surface area contributed by atoms with Crippen LogP contribution in [0.3, 0.4) is 0 Å². The quantitative estimate of drug-likeness (QED) is 0.866. The van der Waals surface area contributed by atoms with E-state index in [9.17, 15) is 4.79 Å². The van der Waals surface area contributed by atoms with Crippen LogP contribution in [0.1, 0.15) is 19.4 Å². The van der Waals surface area contributed by atoms with Gasteiger partial charge in [0.25, 0.3) is 5.91 Å². The van der Waals surface area contributed by atoms with Crippen molar-refractivity contribution in [1.82, 2.24) is 4.90 Å². The van der Waals surface area contributed by atoms with Crippen molar-refractivity contribution in [1.29, 1.82) is 0 Å². The second kappa shape index (κ2) is 5.81. The normalized spacial score (nSPS) is 16.8. The van der Waals surface area contributed by atoms with Crippen LogP contribution in [0.2, 0.25) is 0 Å². The summed E-state index contributed by atoms with van der Waals surface area (Å²) in [4.78, 5) is 13.6. The number of ether oxygens (including phenoxy) is 2. The number of amides is 1. The zero-order valence-corrected chi connectivity index (χ0v) is 12.8. The van der Waals surface area contributed by atoms with E-state index in [4.69, 9.17) is 9.47 Å². The molecule has 0 atom stereocenters. The van der Waals surface area contributed by atoms with Gasteiger partial charge in [-0.15, -0.1) is 0 Å². The minimum absolute atomic E-state index is 0.0228. The summed E-state index contributed by atoms with van der Waals surface area (Å²) in [5.74, 6) is 1.60. The molecule has 2 aromatic rings. The lowest BCUT2D eigenvalue weighted by Gasteiger charge is -2.29. The second-order valence-electron chi connectivity index (χ2n) is 5.77. The maximum atomic E-state index is 11.9. The number of carbonyl (C=O) groups is 1. The Balaban J connectivity index is 1.68. The summed E-state index contributed by atoms with van der Waals surface area (Å²) in [7, 11) is 0. The topological polar surface area (TPSA) is 38.8 Å². The Morgan fingerprint density at radius 3 is 2.27 bits per heavy atom. The molecule has 0 radical (unpaired) electrons. The van der Waals surface area contributed by atoms with Gasteiger partial charge in [-0.1, -0.05) is 30.3 Å². The first-order valence-electron chi connectivity index (χ1n) is 7.31. The van der Waals surface area contributed by atoms with Crippen LogP contribution in [0, 0.1) is 0 Å². The Hall–Kier alpha value is -2.33. The van der Waals surface area contributed by atoms with E-state index in [1.165, 1.54) is 0 Å². The highest BCUT2D eigenvalue weighted by atomic mass is 16.5. The molecule has 4 nitrogen and oxygen atoms in total. The molecule has 114 valence electrons. The summed E-state index contributed by atoms with van der Waals surface area (Å²) in [5.41, 5.74) is 0.503. The van der Waals surface area contributed by atoms with Gasteiger partial charge in [0.1, 0.15) is 23.8 Å². The molecule has 1 amide bonds. The van der Waals surface area contributed by atoms with E-state index < -0.39 is 5.72 Å². The number of hydrogen-bond acceptors (Lipinski definition) is 3. The van der Waals surface area contributed by atoms with Gasteiger partial charge in [-0.05, 0) is 43.7 Å². The molecule has 1 aliphatic heterocycles. The van der Waals surface area contributed by atoms with Crippen molar-refractivity contribution < 1.29 is 14.3 Å². The van der Waals surface area contributed by atoms with Crippen LogP contribution in [0.4, 0.5) is 0 Å². The molecule has 1 aliphatic rings. The third-order valence-electron chi connectivity index (χ3n) is 3.74. The molecule has 0 spiro atoms. The Morgan fingerprint density at radius 2 is 1.68 bits per heavy atom. The molecular formula is C18H19NO3. The monoisotopic (exact) mass is 297 g/mol. The molecule has 0 aliphatic carbocycles. The third kappa shape index (κ3) is 3.12. The van der Waals surface area contributed by atoms with E-state index in [0.717, 1.165) is 17.1 Å². The predicted molar refractivity (Wildman–Crippen MR) is 83.5 cm³/mol. The van der Waals surface area contributed by atoms with E-state index in [-0.39, 0.29) is 12.5 Å². The molecule has 0 unspecified atom stereocenters. The minimum atomic E-state index is -0.545. The lowest BCUT2D eigenvalue weighted by Crippen LogP contribution is -2.40. The number of para-hydroxylation sites is 1. The van der Waals surface area contributed by atoms with Crippen LogP contribution >= 0.6 is 0 Å². The van der Waals surface area contributed by atoms with Gasteiger partial charge in [0.15, 0.2) is 0 Å². The van der Waals surface area contributed by atoms with Crippen LogP contribution in [0.15, 0.2) is 54.6 Å². The van der Waals surface area contributed by atoms with Crippen LogP contribution < -0.4 is 4.74 Å². The minimum Gasteiger partial charge on any atom is -0.457 e. The summed E-state index contributed by atoms with van der Waals surface area (Å²) in [6.07, 6.45) is 0. The summed E-state index contributed by atoms with van der Waals surface area (Å²) in [6, 6.07) is 17.4. The van der Waals surface area contributed by atoms with Gasteiger partial charge in [0.2, 0.25) is 0 Å². The highest BCUT2D eigenvalue weighted by Crippen LogP contribution is 2.27. The Morgan fingerprint density at radius 1 is 1.05 bits per heavy atom. The van der Waals surface area contributed by atoms with Crippen LogP contribution in [0.25, 0.3) is 0 Å². The fourth-order valence-corrected chi connectivity index (χ4v) is 2.44. The van der Waals surface area contributed by atoms with E-state index in [1.807, 2.05) is 68.4 Å². The third-order valence-corrected chi connectivity index (χ3v) is 3.74. The maximum Gasteiger partial charge on any atom is 0.251 e. The van der Waals surface area contributed by atoms with Crippen LogP contribution in [-0.2, 0) is 16.1 Å². The largest absolute Gasteiger partial charge is 0.457 e. The van der Waals surface area contributed by atoms with Crippen molar-refractivity contribution in [3.63, 3.8) is 0 Å². The molecule has 1 fully saturated rings. The van der Waals surface area contributed by atoms with Crippen molar-refractivity contribution in [3.8, 4) is 11.5 Å². The van der Waals surface area contributed by atoms with E-state index in [0.29, 0.717) is 6.54 Å². The predicted octanol–water partition coefficient (Wildman–Crippen LogP) is 3.57. The Labute approximate surface area is 130 Å². The summed E-state index contributed by atoms with van der Waals surface area (Å²) in [5, 5.41) is 0. The number of carbonyl (C=O) groups excluding carboxylic acids is 1. The van der Waals surface area contributed by atoms with Crippen molar-refractivity contribution in [2.24, 2.45) is 0 Å². The number of hydrogen-bond donors (Lipinski definition) is 0. The molecule has 0 N–H and O–H groups in total.